The molecule has 2 rings (SSSR count). The Bertz CT molecular complexity index is 638. The molecule has 0 saturated heterocycles. The second-order valence-corrected chi connectivity index (χ2v) is 4.82. The van der Waals surface area contributed by atoms with E-state index in [1.54, 1.807) is 0 Å². The van der Waals surface area contributed by atoms with Crippen LogP contribution >= 0.6 is 0 Å². The summed E-state index contributed by atoms with van der Waals surface area (Å²) in [6.45, 7) is 3.88. The highest BCUT2D eigenvalue weighted by molar-refractivity contribution is 5.95. The highest BCUT2D eigenvalue weighted by atomic mass is 16.5. The lowest BCUT2D eigenvalue weighted by Gasteiger charge is -2.15. The largest absolute Gasteiger partial charge is 0.503 e. The number of benzene rings is 1. The molecular formula is C16H18N2O3. The van der Waals surface area contributed by atoms with E-state index in [4.69, 9.17) is 4.74 Å². The van der Waals surface area contributed by atoms with E-state index in [1.807, 2.05) is 38.1 Å². The Morgan fingerprint density at radius 3 is 2.57 bits per heavy atom. The number of aromatic nitrogens is 1. The zero-order valence-corrected chi connectivity index (χ0v) is 12.3. The third-order valence-electron chi connectivity index (χ3n) is 3.25. The second-order valence-electron chi connectivity index (χ2n) is 4.82. The van der Waals surface area contributed by atoms with Gasteiger partial charge < -0.3 is 15.2 Å². The summed E-state index contributed by atoms with van der Waals surface area (Å²) in [6, 6.07) is 9.19. The van der Waals surface area contributed by atoms with Crippen molar-refractivity contribution < 1.29 is 14.6 Å². The summed E-state index contributed by atoms with van der Waals surface area (Å²) in [5.74, 6) is -0.480. The maximum atomic E-state index is 12.2. The fraction of sp³-hybridized carbons (Fsp3) is 0.250. The molecule has 1 unspecified atom stereocenters. The Hall–Kier alpha value is -2.56. The number of pyridine rings is 1. The van der Waals surface area contributed by atoms with Crippen molar-refractivity contribution >= 4 is 5.91 Å². The maximum absolute atomic E-state index is 12.2. The van der Waals surface area contributed by atoms with Gasteiger partial charge in [-0.05, 0) is 19.4 Å². The van der Waals surface area contributed by atoms with Gasteiger partial charge in [-0.2, -0.15) is 0 Å². The minimum atomic E-state index is -0.445. The monoisotopic (exact) mass is 286 g/mol. The summed E-state index contributed by atoms with van der Waals surface area (Å²) in [4.78, 5) is 16.1. The Labute approximate surface area is 123 Å². The van der Waals surface area contributed by atoms with Crippen LogP contribution in [-0.4, -0.2) is 23.1 Å². The topological polar surface area (TPSA) is 71.5 Å². The summed E-state index contributed by atoms with van der Waals surface area (Å²) < 4.78 is 4.97. The minimum absolute atomic E-state index is 0.0479. The number of hydrogen-bond acceptors (Lipinski definition) is 4. The van der Waals surface area contributed by atoms with Gasteiger partial charge in [0.25, 0.3) is 5.91 Å². The zero-order valence-electron chi connectivity index (χ0n) is 12.3. The normalized spacial score (nSPS) is 11.8. The SMILES string of the molecule is COc1ccnc(C(=O)NC(C)c2ccc(C)cc2)c1O. The van der Waals surface area contributed by atoms with E-state index in [9.17, 15) is 9.90 Å². The van der Waals surface area contributed by atoms with Crippen LogP contribution in [0.3, 0.4) is 0 Å². The number of carbonyl (C=O) groups excluding carboxylic acids is 1. The third kappa shape index (κ3) is 3.31. The van der Waals surface area contributed by atoms with E-state index >= 15 is 0 Å². The van der Waals surface area contributed by atoms with E-state index in [0.29, 0.717) is 0 Å². The zero-order chi connectivity index (χ0) is 15.4. The number of hydrogen-bond donors (Lipinski definition) is 2. The highest BCUT2D eigenvalue weighted by Gasteiger charge is 2.18. The molecule has 1 amide bonds. The molecule has 2 N–H and O–H groups in total. The first-order valence-corrected chi connectivity index (χ1v) is 6.62. The van der Waals surface area contributed by atoms with Gasteiger partial charge in [-0.3, -0.25) is 4.79 Å². The average Bonchev–Trinajstić information content (AvgIpc) is 2.48. The van der Waals surface area contributed by atoms with Gasteiger partial charge in [0.15, 0.2) is 17.2 Å². The first-order valence-electron chi connectivity index (χ1n) is 6.62. The quantitative estimate of drug-likeness (QED) is 0.906. The molecule has 0 spiro atoms. The molecule has 0 radical (unpaired) electrons. The van der Waals surface area contributed by atoms with Crippen molar-refractivity contribution in [2.24, 2.45) is 0 Å². The van der Waals surface area contributed by atoms with Gasteiger partial charge in [0, 0.05) is 12.3 Å². The van der Waals surface area contributed by atoms with E-state index < -0.39 is 5.91 Å². The lowest BCUT2D eigenvalue weighted by Crippen LogP contribution is -2.27. The van der Waals surface area contributed by atoms with Gasteiger partial charge in [-0.1, -0.05) is 29.8 Å². The molecule has 0 fully saturated rings. The average molecular weight is 286 g/mol. The standard InChI is InChI=1S/C16H18N2O3/c1-10-4-6-12(7-5-10)11(2)18-16(20)14-15(19)13(21-3)8-9-17-14/h4-9,11,19H,1-3H3,(H,18,20). The van der Waals surface area contributed by atoms with Gasteiger partial charge in [0.2, 0.25) is 0 Å². The molecule has 21 heavy (non-hydrogen) atoms. The van der Waals surface area contributed by atoms with Crippen molar-refractivity contribution in [1.29, 1.82) is 0 Å². The molecule has 5 nitrogen and oxygen atoms in total. The van der Waals surface area contributed by atoms with Gasteiger partial charge in [-0.25, -0.2) is 4.98 Å². The summed E-state index contributed by atoms with van der Waals surface area (Å²) in [7, 11) is 1.42. The van der Waals surface area contributed by atoms with Crippen LogP contribution in [0.4, 0.5) is 0 Å². The highest BCUT2D eigenvalue weighted by Crippen LogP contribution is 2.27. The first-order chi connectivity index (χ1) is 10.0. The minimum Gasteiger partial charge on any atom is -0.503 e. The van der Waals surface area contributed by atoms with Crippen molar-refractivity contribution in [2.45, 2.75) is 19.9 Å². The smallest absolute Gasteiger partial charge is 0.274 e. The van der Waals surface area contributed by atoms with E-state index in [2.05, 4.69) is 10.3 Å². The number of ether oxygens (including phenoxy) is 1. The first kappa shape index (κ1) is 14.8. The molecular weight excluding hydrogens is 268 g/mol. The van der Waals surface area contributed by atoms with Gasteiger partial charge in [0.1, 0.15) is 0 Å². The van der Waals surface area contributed by atoms with Crippen LogP contribution in [0.2, 0.25) is 0 Å². The third-order valence-corrected chi connectivity index (χ3v) is 3.25. The van der Waals surface area contributed by atoms with Crippen LogP contribution in [-0.2, 0) is 0 Å². The Balaban J connectivity index is 2.16. The maximum Gasteiger partial charge on any atom is 0.274 e. The Kier molecular flexibility index (Phi) is 4.42. The fourth-order valence-corrected chi connectivity index (χ4v) is 1.97. The Morgan fingerprint density at radius 1 is 1.29 bits per heavy atom. The molecule has 0 bridgehead atoms. The molecule has 0 aliphatic heterocycles. The molecule has 1 heterocycles. The number of rotatable bonds is 4. The van der Waals surface area contributed by atoms with Crippen LogP contribution in [0, 0.1) is 6.92 Å². The second kappa shape index (κ2) is 6.26. The summed E-state index contributed by atoms with van der Waals surface area (Å²) in [6.07, 6.45) is 1.42. The molecule has 0 aliphatic carbocycles. The molecule has 1 aromatic carbocycles. The van der Waals surface area contributed by atoms with Crippen molar-refractivity contribution in [2.75, 3.05) is 7.11 Å². The summed E-state index contributed by atoms with van der Waals surface area (Å²) in [5, 5.41) is 12.7. The summed E-state index contributed by atoms with van der Waals surface area (Å²) in [5.41, 5.74) is 2.09. The number of nitrogens with zero attached hydrogens (tertiary/aromatic N) is 1. The number of amides is 1. The predicted molar refractivity (Wildman–Crippen MR) is 79.5 cm³/mol. The van der Waals surface area contributed by atoms with Gasteiger partial charge in [0.05, 0.1) is 13.2 Å². The van der Waals surface area contributed by atoms with Gasteiger partial charge >= 0.3 is 0 Å². The van der Waals surface area contributed by atoms with E-state index in [1.165, 1.54) is 19.4 Å². The van der Waals surface area contributed by atoms with Crippen LogP contribution in [0.5, 0.6) is 11.5 Å². The molecule has 1 atom stereocenters. The number of nitrogens with one attached hydrogen (secondary N) is 1. The van der Waals surface area contributed by atoms with Crippen LogP contribution in [0.1, 0.15) is 34.6 Å². The van der Waals surface area contributed by atoms with E-state index in [0.717, 1.165) is 11.1 Å². The number of carbonyl (C=O) groups is 1. The van der Waals surface area contributed by atoms with Crippen LogP contribution < -0.4 is 10.1 Å². The van der Waals surface area contributed by atoms with Crippen molar-refractivity contribution in [3.8, 4) is 11.5 Å². The lowest BCUT2D eigenvalue weighted by atomic mass is 10.1. The molecule has 0 aliphatic rings. The molecule has 2 aromatic rings. The Morgan fingerprint density at radius 2 is 1.95 bits per heavy atom. The van der Waals surface area contributed by atoms with Crippen LogP contribution in [0.15, 0.2) is 36.5 Å². The molecule has 5 heteroatoms. The number of methoxy groups -OCH3 is 1. The molecule has 110 valence electrons. The van der Waals surface area contributed by atoms with Crippen LogP contribution in [0.25, 0.3) is 0 Å². The number of aromatic hydroxyl groups is 1. The van der Waals surface area contributed by atoms with Crippen molar-refractivity contribution in [3.63, 3.8) is 0 Å². The molecule has 0 saturated carbocycles. The summed E-state index contributed by atoms with van der Waals surface area (Å²) >= 11 is 0. The van der Waals surface area contributed by atoms with E-state index in [-0.39, 0.29) is 23.2 Å². The molecule has 1 aromatic heterocycles. The number of aryl methyl sites for hydroxylation is 1. The van der Waals surface area contributed by atoms with Gasteiger partial charge in [-0.15, -0.1) is 0 Å². The fourth-order valence-electron chi connectivity index (χ4n) is 1.97. The van der Waals surface area contributed by atoms with Crippen molar-refractivity contribution in [1.82, 2.24) is 10.3 Å². The predicted octanol–water partition coefficient (Wildman–Crippen LogP) is 2.60. The van der Waals surface area contributed by atoms with Crippen molar-refractivity contribution in [3.05, 3.63) is 53.3 Å². The lowest BCUT2D eigenvalue weighted by molar-refractivity contribution is 0.0931.